The van der Waals surface area contributed by atoms with Gasteiger partial charge in [-0.3, -0.25) is 4.68 Å². The van der Waals surface area contributed by atoms with Crippen molar-refractivity contribution in [1.29, 1.82) is 0 Å². The lowest BCUT2D eigenvalue weighted by atomic mass is 10.2. The minimum absolute atomic E-state index is 0.393. The second-order valence-electron chi connectivity index (χ2n) is 4.96. The normalized spacial score (nSPS) is 11.1. The third-order valence-electron chi connectivity index (χ3n) is 2.75. The van der Waals surface area contributed by atoms with Crippen LogP contribution in [-0.2, 0) is 20.2 Å². The molecule has 6 heteroatoms. The molecular formula is C14H19ClN4O. The largest absolute Gasteiger partial charge is 0.487 e. The molecule has 0 fully saturated rings. The van der Waals surface area contributed by atoms with Gasteiger partial charge in [0.15, 0.2) is 0 Å². The molecule has 0 radical (unpaired) electrons. The van der Waals surface area contributed by atoms with Gasteiger partial charge in [0, 0.05) is 30.2 Å². The van der Waals surface area contributed by atoms with Crippen molar-refractivity contribution in [2.75, 3.05) is 0 Å². The molecule has 0 saturated heterocycles. The molecule has 0 aliphatic rings. The van der Waals surface area contributed by atoms with Crippen LogP contribution in [0.1, 0.15) is 25.1 Å². The third kappa shape index (κ3) is 4.21. The highest BCUT2D eigenvalue weighted by Crippen LogP contribution is 2.23. The van der Waals surface area contributed by atoms with E-state index in [1.54, 1.807) is 4.68 Å². The molecule has 0 spiro atoms. The molecule has 0 unspecified atom stereocenters. The van der Waals surface area contributed by atoms with E-state index in [1.807, 2.05) is 31.4 Å². The predicted molar refractivity (Wildman–Crippen MR) is 78.8 cm³/mol. The molecule has 20 heavy (non-hydrogen) atoms. The summed E-state index contributed by atoms with van der Waals surface area (Å²) in [7, 11) is 1.83. The van der Waals surface area contributed by atoms with Crippen LogP contribution in [0.15, 0.2) is 24.4 Å². The van der Waals surface area contributed by atoms with Gasteiger partial charge in [0.25, 0.3) is 0 Å². The van der Waals surface area contributed by atoms with Crippen LogP contribution >= 0.6 is 11.6 Å². The van der Waals surface area contributed by atoms with E-state index in [0.29, 0.717) is 24.2 Å². The van der Waals surface area contributed by atoms with E-state index < -0.39 is 0 Å². The number of nitrogens with zero attached hydrogens (tertiary/aromatic N) is 3. The quantitative estimate of drug-likeness (QED) is 0.889. The van der Waals surface area contributed by atoms with Crippen LogP contribution in [0.5, 0.6) is 5.75 Å². The standard InChI is InChI=1S/C14H19ClN4O/c1-10(2)16-7-11-6-12(15)4-5-14(11)20-9-13-8-19(3)18-17-13/h4-6,8,10,16H,7,9H2,1-3H3. The monoisotopic (exact) mass is 294 g/mol. The zero-order chi connectivity index (χ0) is 14.5. The second kappa shape index (κ2) is 6.72. The van der Waals surface area contributed by atoms with Gasteiger partial charge in [-0.1, -0.05) is 30.7 Å². The molecule has 108 valence electrons. The van der Waals surface area contributed by atoms with Crippen molar-refractivity contribution in [3.63, 3.8) is 0 Å². The molecular weight excluding hydrogens is 276 g/mol. The van der Waals surface area contributed by atoms with Crippen LogP contribution in [-0.4, -0.2) is 21.0 Å². The van der Waals surface area contributed by atoms with E-state index in [-0.39, 0.29) is 0 Å². The Hall–Kier alpha value is -1.59. The fourth-order valence-electron chi connectivity index (χ4n) is 1.75. The Balaban J connectivity index is 2.05. The van der Waals surface area contributed by atoms with E-state index in [1.165, 1.54) is 0 Å². The van der Waals surface area contributed by atoms with E-state index >= 15 is 0 Å². The fraction of sp³-hybridized carbons (Fsp3) is 0.429. The Kier molecular flexibility index (Phi) is 4.98. The Labute approximate surface area is 123 Å². The summed E-state index contributed by atoms with van der Waals surface area (Å²) < 4.78 is 7.46. The molecule has 1 aromatic carbocycles. The number of hydrogen-bond donors (Lipinski definition) is 1. The molecule has 0 aliphatic carbocycles. The van der Waals surface area contributed by atoms with Gasteiger partial charge in [-0.25, -0.2) is 0 Å². The van der Waals surface area contributed by atoms with Crippen LogP contribution in [0, 0.1) is 0 Å². The van der Waals surface area contributed by atoms with Gasteiger partial charge >= 0.3 is 0 Å². The van der Waals surface area contributed by atoms with Crippen LogP contribution in [0.25, 0.3) is 0 Å². The van der Waals surface area contributed by atoms with Crippen molar-refractivity contribution < 1.29 is 4.74 Å². The molecule has 0 aliphatic heterocycles. The summed E-state index contributed by atoms with van der Waals surface area (Å²) in [5.74, 6) is 0.813. The molecule has 0 bridgehead atoms. The molecule has 2 rings (SSSR count). The predicted octanol–water partition coefficient (Wildman–Crippen LogP) is 2.55. The molecule has 2 aromatic rings. The van der Waals surface area contributed by atoms with Crippen LogP contribution in [0.2, 0.25) is 5.02 Å². The summed E-state index contributed by atoms with van der Waals surface area (Å²) in [4.78, 5) is 0. The Morgan fingerprint density at radius 3 is 2.85 bits per heavy atom. The van der Waals surface area contributed by atoms with Crippen molar-refractivity contribution in [2.45, 2.75) is 33.0 Å². The van der Waals surface area contributed by atoms with Gasteiger partial charge in [0.05, 0.1) is 6.20 Å². The smallest absolute Gasteiger partial charge is 0.134 e. The Morgan fingerprint density at radius 2 is 2.20 bits per heavy atom. The minimum atomic E-state index is 0.393. The number of nitrogens with one attached hydrogen (secondary N) is 1. The van der Waals surface area contributed by atoms with Gasteiger partial charge in [-0.05, 0) is 18.2 Å². The molecule has 1 N–H and O–H groups in total. The highest BCUT2D eigenvalue weighted by atomic mass is 35.5. The van der Waals surface area contributed by atoms with Gasteiger partial charge in [-0.15, -0.1) is 5.10 Å². The summed E-state index contributed by atoms with van der Waals surface area (Å²) in [5.41, 5.74) is 1.83. The second-order valence-corrected chi connectivity index (χ2v) is 5.40. The van der Waals surface area contributed by atoms with E-state index in [9.17, 15) is 0 Å². The summed E-state index contributed by atoms with van der Waals surface area (Å²) in [6.07, 6.45) is 1.84. The summed E-state index contributed by atoms with van der Waals surface area (Å²) in [6, 6.07) is 6.03. The average Bonchev–Trinajstić information content (AvgIpc) is 2.81. The number of ether oxygens (including phenoxy) is 1. The van der Waals surface area contributed by atoms with Gasteiger partial charge in [0.2, 0.25) is 0 Å². The first-order valence-electron chi connectivity index (χ1n) is 6.54. The number of aryl methyl sites for hydroxylation is 1. The Morgan fingerprint density at radius 1 is 1.40 bits per heavy atom. The van der Waals surface area contributed by atoms with Gasteiger partial charge in [0.1, 0.15) is 18.1 Å². The Bertz CT molecular complexity index is 568. The molecule has 0 saturated carbocycles. The zero-order valence-corrected chi connectivity index (χ0v) is 12.7. The first-order chi connectivity index (χ1) is 9.54. The van der Waals surface area contributed by atoms with Crippen LogP contribution in [0.3, 0.4) is 0 Å². The lowest BCUT2D eigenvalue weighted by Crippen LogP contribution is -2.22. The fourth-order valence-corrected chi connectivity index (χ4v) is 1.95. The summed E-state index contributed by atoms with van der Waals surface area (Å²) >= 11 is 6.04. The molecule has 5 nitrogen and oxygen atoms in total. The topological polar surface area (TPSA) is 52.0 Å². The first-order valence-corrected chi connectivity index (χ1v) is 6.92. The molecule has 0 atom stereocenters. The summed E-state index contributed by atoms with van der Waals surface area (Å²) in [5, 5.41) is 11.9. The zero-order valence-electron chi connectivity index (χ0n) is 11.9. The highest BCUT2D eigenvalue weighted by Gasteiger charge is 2.07. The third-order valence-corrected chi connectivity index (χ3v) is 2.98. The number of hydrogen-bond acceptors (Lipinski definition) is 4. The number of halogens is 1. The molecule has 0 amide bonds. The van der Waals surface area contributed by atoms with Crippen LogP contribution < -0.4 is 10.1 Å². The van der Waals surface area contributed by atoms with E-state index in [0.717, 1.165) is 17.0 Å². The maximum atomic E-state index is 6.04. The van der Waals surface area contributed by atoms with E-state index in [2.05, 4.69) is 29.5 Å². The van der Waals surface area contributed by atoms with Crippen LogP contribution in [0.4, 0.5) is 0 Å². The number of benzene rings is 1. The van der Waals surface area contributed by atoms with Gasteiger partial charge < -0.3 is 10.1 Å². The SMILES string of the molecule is CC(C)NCc1cc(Cl)ccc1OCc1cn(C)nn1. The van der Waals surface area contributed by atoms with Crippen molar-refractivity contribution in [3.8, 4) is 5.75 Å². The van der Waals surface area contributed by atoms with Crippen molar-refractivity contribution in [1.82, 2.24) is 20.3 Å². The van der Waals surface area contributed by atoms with Gasteiger partial charge in [-0.2, -0.15) is 0 Å². The molecule has 1 aromatic heterocycles. The first kappa shape index (κ1) is 14.8. The van der Waals surface area contributed by atoms with Crippen molar-refractivity contribution in [3.05, 3.63) is 40.7 Å². The number of rotatable bonds is 6. The highest BCUT2D eigenvalue weighted by molar-refractivity contribution is 6.30. The lowest BCUT2D eigenvalue weighted by Gasteiger charge is -2.13. The number of aromatic nitrogens is 3. The molecule has 1 heterocycles. The maximum Gasteiger partial charge on any atom is 0.134 e. The minimum Gasteiger partial charge on any atom is -0.487 e. The van der Waals surface area contributed by atoms with E-state index in [4.69, 9.17) is 16.3 Å². The van der Waals surface area contributed by atoms with Crippen molar-refractivity contribution >= 4 is 11.6 Å². The van der Waals surface area contributed by atoms with Crippen molar-refractivity contribution in [2.24, 2.45) is 7.05 Å². The maximum absolute atomic E-state index is 6.04. The summed E-state index contributed by atoms with van der Waals surface area (Å²) in [6.45, 7) is 5.31. The average molecular weight is 295 g/mol. The lowest BCUT2D eigenvalue weighted by molar-refractivity contribution is 0.297.